The first-order valence-corrected chi connectivity index (χ1v) is 7.90. The van der Waals surface area contributed by atoms with Gasteiger partial charge in [0.2, 0.25) is 0 Å². The number of halogens is 1. The Morgan fingerprint density at radius 2 is 1.60 bits per heavy atom. The van der Waals surface area contributed by atoms with Gasteiger partial charge in [-0.25, -0.2) is 4.39 Å². The van der Waals surface area contributed by atoms with Gasteiger partial charge in [-0.1, -0.05) is 24.3 Å². The Kier molecular flexibility index (Phi) is 4.45. The average molecular weight is 290 g/mol. The molecule has 1 fully saturated rings. The van der Waals surface area contributed by atoms with Gasteiger partial charge in [0.25, 0.3) is 0 Å². The molecule has 1 aromatic carbocycles. The Hall–Kier alpha value is -1.23. The minimum Gasteiger partial charge on any atom is -0.296 e. The lowest BCUT2D eigenvalue weighted by Crippen LogP contribution is -2.45. The first kappa shape index (κ1) is 13.7. The van der Waals surface area contributed by atoms with Crippen molar-refractivity contribution in [2.75, 3.05) is 26.2 Å². The summed E-state index contributed by atoms with van der Waals surface area (Å²) in [5, 5.41) is 2.13. The Balaban J connectivity index is 1.50. The maximum Gasteiger partial charge on any atom is 0.127 e. The molecule has 0 unspecified atom stereocenters. The van der Waals surface area contributed by atoms with Crippen molar-refractivity contribution in [1.82, 2.24) is 9.80 Å². The third kappa shape index (κ3) is 3.45. The van der Waals surface area contributed by atoms with E-state index in [0.717, 1.165) is 44.8 Å². The van der Waals surface area contributed by atoms with Crippen LogP contribution in [0.15, 0.2) is 41.8 Å². The molecule has 4 heteroatoms. The van der Waals surface area contributed by atoms with Crippen LogP contribution in [0.5, 0.6) is 0 Å². The summed E-state index contributed by atoms with van der Waals surface area (Å²) in [4.78, 5) is 6.24. The van der Waals surface area contributed by atoms with Crippen molar-refractivity contribution in [3.8, 4) is 0 Å². The minimum absolute atomic E-state index is 0.0893. The number of benzene rings is 1. The highest BCUT2D eigenvalue weighted by molar-refractivity contribution is 7.09. The molecule has 0 amide bonds. The topological polar surface area (TPSA) is 6.48 Å². The van der Waals surface area contributed by atoms with Gasteiger partial charge in [-0.2, -0.15) is 0 Å². The van der Waals surface area contributed by atoms with Crippen LogP contribution in [0, 0.1) is 5.82 Å². The van der Waals surface area contributed by atoms with E-state index in [2.05, 4.69) is 27.3 Å². The molecule has 0 spiro atoms. The summed E-state index contributed by atoms with van der Waals surface area (Å²) >= 11 is 1.82. The molecule has 1 saturated heterocycles. The minimum atomic E-state index is -0.0893. The summed E-state index contributed by atoms with van der Waals surface area (Å²) in [5.74, 6) is -0.0893. The first-order valence-electron chi connectivity index (χ1n) is 7.02. The highest BCUT2D eigenvalue weighted by Gasteiger charge is 2.18. The highest BCUT2D eigenvalue weighted by atomic mass is 32.1. The molecular formula is C16H19FN2S. The molecule has 106 valence electrons. The average Bonchev–Trinajstić information content (AvgIpc) is 2.96. The van der Waals surface area contributed by atoms with E-state index in [1.54, 1.807) is 12.1 Å². The van der Waals surface area contributed by atoms with Crippen molar-refractivity contribution in [2.24, 2.45) is 0 Å². The Labute approximate surface area is 123 Å². The Morgan fingerprint density at radius 3 is 2.25 bits per heavy atom. The summed E-state index contributed by atoms with van der Waals surface area (Å²) in [5.41, 5.74) is 0.805. The molecule has 0 bridgehead atoms. The highest BCUT2D eigenvalue weighted by Crippen LogP contribution is 2.15. The summed E-state index contributed by atoms with van der Waals surface area (Å²) in [7, 11) is 0. The molecule has 2 heterocycles. The molecule has 20 heavy (non-hydrogen) atoms. The number of hydrogen-bond donors (Lipinski definition) is 0. The number of hydrogen-bond acceptors (Lipinski definition) is 3. The van der Waals surface area contributed by atoms with Gasteiger partial charge in [-0.05, 0) is 17.5 Å². The van der Waals surface area contributed by atoms with Gasteiger partial charge >= 0.3 is 0 Å². The summed E-state index contributed by atoms with van der Waals surface area (Å²) in [6, 6.07) is 11.4. The molecule has 1 aliphatic heterocycles. The molecule has 0 radical (unpaired) electrons. The summed E-state index contributed by atoms with van der Waals surface area (Å²) < 4.78 is 13.6. The zero-order chi connectivity index (χ0) is 13.8. The van der Waals surface area contributed by atoms with Crippen LogP contribution < -0.4 is 0 Å². The third-order valence-electron chi connectivity index (χ3n) is 3.78. The summed E-state index contributed by atoms with van der Waals surface area (Å²) in [6.07, 6.45) is 0. The normalized spacial score (nSPS) is 17.4. The predicted molar refractivity (Wildman–Crippen MR) is 81.3 cm³/mol. The molecule has 0 atom stereocenters. The van der Waals surface area contributed by atoms with E-state index in [9.17, 15) is 4.39 Å². The van der Waals surface area contributed by atoms with Crippen molar-refractivity contribution < 1.29 is 4.39 Å². The van der Waals surface area contributed by atoms with E-state index < -0.39 is 0 Å². The summed E-state index contributed by atoms with van der Waals surface area (Å²) in [6.45, 7) is 5.92. The number of nitrogens with zero attached hydrogens (tertiary/aromatic N) is 2. The molecule has 2 aromatic rings. The van der Waals surface area contributed by atoms with Crippen molar-refractivity contribution >= 4 is 11.3 Å². The van der Waals surface area contributed by atoms with Crippen LogP contribution in [0.1, 0.15) is 10.4 Å². The zero-order valence-corrected chi connectivity index (χ0v) is 12.3. The van der Waals surface area contributed by atoms with Crippen molar-refractivity contribution in [3.05, 3.63) is 58.0 Å². The second-order valence-electron chi connectivity index (χ2n) is 5.22. The molecule has 2 nitrogen and oxygen atoms in total. The first-order chi connectivity index (χ1) is 9.81. The lowest BCUT2D eigenvalue weighted by molar-refractivity contribution is 0.122. The van der Waals surface area contributed by atoms with E-state index in [4.69, 9.17) is 0 Å². The van der Waals surface area contributed by atoms with E-state index in [-0.39, 0.29) is 5.82 Å². The predicted octanol–water partition coefficient (Wildman–Crippen LogP) is 3.21. The Morgan fingerprint density at radius 1 is 0.900 bits per heavy atom. The fraction of sp³-hybridized carbons (Fsp3) is 0.375. The molecule has 1 aromatic heterocycles. The number of piperazine rings is 1. The van der Waals surface area contributed by atoms with Crippen LogP contribution in [0.3, 0.4) is 0 Å². The van der Waals surface area contributed by atoms with Crippen molar-refractivity contribution in [1.29, 1.82) is 0 Å². The van der Waals surface area contributed by atoms with Gasteiger partial charge in [0.1, 0.15) is 5.82 Å². The second-order valence-corrected chi connectivity index (χ2v) is 6.26. The van der Waals surface area contributed by atoms with E-state index in [1.165, 1.54) is 4.88 Å². The van der Waals surface area contributed by atoms with Crippen LogP contribution >= 0.6 is 11.3 Å². The van der Waals surface area contributed by atoms with E-state index >= 15 is 0 Å². The Bertz CT molecular complexity index is 533. The third-order valence-corrected chi connectivity index (χ3v) is 4.64. The molecular weight excluding hydrogens is 271 g/mol. The standard InChI is InChI=1S/C16H19FN2S/c17-16-6-2-1-4-14(16)12-18-7-9-19(10-8-18)13-15-5-3-11-20-15/h1-6,11H,7-10,12-13H2. The van der Waals surface area contributed by atoms with E-state index in [0.29, 0.717) is 0 Å². The maximum atomic E-state index is 13.6. The fourth-order valence-electron chi connectivity index (χ4n) is 2.60. The lowest BCUT2D eigenvalue weighted by atomic mass is 10.2. The largest absolute Gasteiger partial charge is 0.296 e. The van der Waals surface area contributed by atoms with Gasteiger partial charge in [-0.15, -0.1) is 11.3 Å². The monoisotopic (exact) mass is 290 g/mol. The quantitative estimate of drug-likeness (QED) is 0.853. The van der Waals surface area contributed by atoms with Gasteiger partial charge < -0.3 is 0 Å². The van der Waals surface area contributed by atoms with Crippen LogP contribution in [0.25, 0.3) is 0 Å². The van der Waals surface area contributed by atoms with Crippen LogP contribution in [0.4, 0.5) is 4.39 Å². The van der Waals surface area contributed by atoms with Crippen LogP contribution in [-0.2, 0) is 13.1 Å². The van der Waals surface area contributed by atoms with Crippen molar-refractivity contribution in [2.45, 2.75) is 13.1 Å². The van der Waals surface area contributed by atoms with Gasteiger partial charge in [-0.3, -0.25) is 9.80 Å². The fourth-order valence-corrected chi connectivity index (χ4v) is 3.34. The second kappa shape index (κ2) is 6.48. The number of thiophene rings is 1. The number of rotatable bonds is 4. The van der Waals surface area contributed by atoms with Crippen LogP contribution in [0.2, 0.25) is 0 Å². The molecule has 0 aliphatic carbocycles. The van der Waals surface area contributed by atoms with Gasteiger partial charge in [0, 0.05) is 49.7 Å². The molecule has 0 N–H and O–H groups in total. The SMILES string of the molecule is Fc1ccccc1CN1CCN(Cc2cccs2)CC1. The molecule has 0 saturated carbocycles. The van der Waals surface area contributed by atoms with Crippen LogP contribution in [-0.4, -0.2) is 36.0 Å². The van der Waals surface area contributed by atoms with Gasteiger partial charge in [0.15, 0.2) is 0 Å². The maximum absolute atomic E-state index is 13.6. The lowest BCUT2D eigenvalue weighted by Gasteiger charge is -2.34. The smallest absolute Gasteiger partial charge is 0.127 e. The molecule has 1 aliphatic rings. The molecule has 3 rings (SSSR count). The van der Waals surface area contributed by atoms with Gasteiger partial charge in [0.05, 0.1) is 0 Å². The zero-order valence-electron chi connectivity index (χ0n) is 11.5. The van der Waals surface area contributed by atoms with E-state index in [1.807, 2.05) is 23.5 Å². The van der Waals surface area contributed by atoms with Crippen molar-refractivity contribution in [3.63, 3.8) is 0 Å².